The van der Waals surface area contributed by atoms with Gasteiger partial charge in [-0.2, -0.15) is 0 Å². The number of alkyl halides is 1. The Hall–Kier alpha value is 0.390. The molecule has 1 N–H and O–H groups in total. The summed E-state index contributed by atoms with van der Waals surface area (Å²) < 4.78 is 22.4. The summed E-state index contributed by atoms with van der Waals surface area (Å²) in [6.45, 7) is 6.71. The van der Waals surface area contributed by atoms with Crippen LogP contribution < -0.4 is 5.32 Å². The Kier molecular flexibility index (Phi) is 7.04. The van der Waals surface area contributed by atoms with Crippen molar-refractivity contribution in [2.24, 2.45) is 0 Å². The summed E-state index contributed by atoms with van der Waals surface area (Å²) in [5.74, 6) is 0.540. The zero-order valence-electron chi connectivity index (χ0n) is 9.85. The molecule has 0 unspecified atom stereocenters. The van der Waals surface area contributed by atoms with Gasteiger partial charge in [0.05, 0.1) is 5.75 Å². The molecule has 0 aliphatic heterocycles. The largest absolute Gasteiger partial charge is 0.312 e. The molecule has 0 aliphatic carbocycles. The first kappa shape index (κ1) is 15.4. The Bertz CT molecular complexity index is 263. The zero-order chi connectivity index (χ0) is 11.9. The molecule has 0 saturated carbocycles. The molecule has 0 radical (unpaired) electrons. The van der Waals surface area contributed by atoms with Crippen LogP contribution in [0.5, 0.6) is 0 Å². The standard InChI is InChI=1S/C10H22BrNO2S/c1-4-15(13,14)9-5-8-12-10(2,3)6-7-11/h12H,4-9H2,1-3H3. The first-order valence-corrected chi connectivity index (χ1v) is 8.28. The van der Waals surface area contributed by atoms with Gasteiger partial charge in [-0.25, -0.2) is 8.42 Å². The summed E-state index contributed by atoms with van der Waals surface area (Å²) in [5.41, 5.74) is 0.0828. The van der Waals surface area contributed by atoms with E-state index in [4.69, 9.17) is 0 Å². The third kappa shape index (κ3) is 8.22. The van der Waals surface area contributed by atoms with Gasteiger partial charge >= 0.3 is 0 Å². The SMILES string of the molecule is CCS(=O)(=O)CCCNC(C)(C)CCBr. The number of hydrogen-bond acceptors (Lipinski definition) is 3. The van der Waals surface area contributed by atoms with E-state index in [1.807, 2.05) is 0 Å². The number of nitrogens with one attached hydrogen (secondary N) is 1. The van der Waals surface area contributed by atoms with Crippen LogP contribution in [0.2, 0.25) is 0 Å². The minimum atomic E-state index is -2.80. The van der Waals surface area contributed by atoms with Crippen molar-refractivity contribution in [3.63, 3.8) is 0 Å². The van der Waals surface area contributed by atoms with Gasteiger partial charge in [0.25, 0.3) is 0 Å². The van der Waals surface area contributed by atoms with E-state index >= 15 is 0 Å². The van der Waals surface area contributed by atoms with Crippen LogP contribution in [-0.4, -0.2) is 37.3 Å². The van der Waals surface area contributed by atoms with Gasteiger partial charge in [0.15, 0.2) is 0 Å². The van der Waals surface area contributed by atoms with Gasteiger partial charge in [0.1, 0.15) is 9.84 Å². The normalized spacial score (nSPS) is 13.1. The summed E-state index contributed by atoms with van der Waals surface area (Å²) in [6.07, 6.45) is 1.73. The van der Waals surface area contributed by atoms with Crippen LogP contribution in [-0.2, 0) is 9.84 Å². The Balaban J connectivity index is 3.72. The van der Waals surface area contributed by atoms with E-state index in [1.165, 1.54) is 0 Å². The second kappa shape index (κ2) is 6.86. The monoisotopic (exact) mass is 299 g/mol. The number of rotatable bonds is 8. The van der Waals surface area contributed by atoms with Crippen LogP contribution in [0.4, 0.5) is 0 Å². The topological polar surface area (TPSA) is 46.2 Å². The molecule has 0 fully saturated rings. The van der Waals surface area contributed by atoms with Crippen LogP contribution in [0.1, 0.15) is 33.6 Å². The molecule has 5 heteroatoms. The molecule has 0 heterocycles. The highest BCUT2D eigenvalue weighted by atomic mass is 79.9. The van der Waals surface area contributed by atoms with E-state index < -0.39 is 9.84 Å². The summed E-state index contributed by atoms with van der Waals surface area (Å²) in [5, 5.41) is 4.32. The highest BCUT2D eigenvalue weighted by Crippen LogP contribution is 2.09. The molecule has 0 atom stereocenters. The van der Waals surface area contributed by atoms with Crippen LogP contribution in [0.25, 0.3) is 0 Å². The molecule has 0 aromatic rings. The second-order valence-electron chi connectivity index (χ2n) is 4.34. The van der Waals surface area contributed by atoms with Gasteiger partial charge in [-0.05, 0) is 33.2 Å². The van der Waals surface area contributed by atoms with Crippen molar-refractivity contribution in [1.82, 2.24) is 5.32 Å². The van der Waals surface area contributed by atoms with Gasteiger partial charge < -0.3 is 5.32 Å². The smallest absolute Gasteiger partial charge is 0.150 e. The molecule has 0 aromatic carbocycles. The van der Waals surface area contributed by atoms with E-state index in [0.717, 1.165) is 18.3 Å². The maximum Gasteiger partial charge on any atom is 0.150 e. The predicted molar refractivity (Wildman–Crippen MR) is 69.4 cm³/mol. The molecule has 3 nitrogen and oxygen atoms in total. The van der Waals surface area contributed by atoms with E-state index in [-0.39, 0.29) is 11.3 Å². The summed E-state index contributed by atoms with van der Waals surface area (Å²) in [4.78, 5) is 0. The number of sulfone groups is 1. The fraction of sp³-hybridized carbons (Fsp3) is 1.00. The quantitative estimate of drug-likeness (QED) is 0.550. The second-order valence-corrected chi connectivity index (χ2v) is 7.61. The van der Waals surface area contributed by atoms with Crippen molar-refractivity contribution in [2.45, 2.75) is 39.2 Å². The molecule has 0 aromatic heterocycles. The van der Waals surface area contributed by atoms with E-state index in [0.29, 0.717) is 12.2 Å². The Morgan fingerprint density at radius 1 is 1.33 bits per heavy atom. The van der Waals surface area contributed by atoms with E-state index in [1.54, 1.807) is 6.92 Å². The highest BCUT2D eigenvalue weighted by Gasteiger charge is 2.15. The van der Waals surface area contributed by atoms with Crippen LogP contribution in [0.3, 0.4) is 0 Å². The van der Waals surface area contributed by atoms with Crippen molar-refractivity contribution < 1.29 is 8.42 Å². The van der Waals surface area contributed by atoms with Crippen molar-refractivity contribution >= 4 is 25.8 Å². The maximum absolute atomic E-state index is 11.2. The summed E-state index contributed by atoms with van der Waals surface area (Å²) >= 11 is 3.40. The Morgan fingerprint density at radius 2 is 1.93 bits per heavy atom. The minimum absolute atomic E-state index is 0.0828. The lowest BCUT2D eigenvalue weighted by atomic mass is 10.0. The first-order valence-electron chi connectivity index (χ1n) is 5.34. The van der Waals surface area contributed by atoms with Crippen molar-refractivity contribution in [3.8, 4) is 0 Å². The van der Waals surface area contributed by atoms with Crippen LogP contribution in [0.15, 0.2) is 0 Å². The van der Waals surface area contributed by atoms with Gasteiger partial charge in [-0.1, -0.05) is 22.9 Å². The summed E-state index contributed by atoms with van der Waals surface area (Å²) in [6, 6.07) is 0. The third-order valence-corrected chi connectivity index (χ3v) is 4.58. The van der Waals surface area contributed by atoms with Crippen molar-refractivity contribution in [2.75, 3.05) is 23.4 Å². The van der Waals surface area contributed by atoms with Crippen LogP contribution >= 0.6 is 15.9 Å². The molecule has 0 spiro atoms. The molecular weight excluding hydrogens is 278 g/mol. The molecule has 15 heavy (non-hydrogen) atoms. The van der Waals surface area contributed by atoms with E-state index in [9.17, 15) is 8.42 Å². The average molecular weight is 300 g/mol. The van der Waals surface area contributed by atoms with Crippen molar-refractivity contribution in [1.29, 1.82) is 0 Å². The Labute approximate surface area is 102 Å². The number of hydrogen-bond donors (Lipinski definition) is 1. The minimum Gasteiger partial charge on any atom is -0.312 e. The lowest BCUT2D eigenvalue weighted by Gasteiger charge is -2.25. The van der Waals surface area contributed by atoms with Crippen molar-refractivity contribution in [3.05, 3.63) is 0 Å². The average Bonchev–Trinajstić information content (AvgIpc) is 2.13. The molecule has 0 amide bonds. The predicted octanol–water partition coefficient (Wildman–Crippen LogP) is 1.96. The molecule has 92 valence electrons. The van der Waals surface area contributed by atoms with Gasteiger partial charge in [0.2, 0.25) is 0 Å². The van der Waals surface area contributed by atoms with Gasteiger partial charge in [-0.3, -0.25) is 0 Å². The van der Waals surface area contributed by atoms with Crippen LogP contribution in [0, 0.1) is 0 Å². The lowest BCUT2D eigenvalue weighted by molar-refractivity contribution is 0.381. The summed E-state index contributed by atoms with van der Waals surface area (Å²) in [7, 11) is -2.80. The molecular formula is C10H22BrNO2S. The van der Waals surface area contributed by atoms with E-state index in [2.05, 4.69) is 35.1 Å². The third-order valence-electron chi connectivity index (χ3n) is 2.39. The van der Waals surface area contributed by atoms with Gasteiger partial charge in [-0.15, -0.1) is 0 Å². The van der Waals surface area contributed by atoms with Gasteiger partial charge in [0, 0.05) is 16.6 Å². The number of halogens is 1. The first-order chi connectivity index (χ1) is 6.83. The maximum atomic E-state index is 11.2. The highest BCUT2D eigenvalue weighted by molar-refractivity contribution is 9.09. The Morgan fingerprint density at radius 3 is 2.40 bits per heavy atom. The lowest BCUT2D eigenvalue weighted by Crippen LogP contribution is -2.40. The molecule has 0 rings (SSSR count). The molecule has 0 aliphatic rings. The molecule has 0 bridgehead atoms. The molecule has 0 saturated heterocycles. The fourth-order valence-electron chi connectivity index (χ4n) is 1.19. The fourth-order valence-corrected chi connectivity index (χ4v) is 3.05. The zero-order valence-corrected chi connectivity index (χ0v) is 12.2.